The molecule has 0 bridgehead atoms. The third-order valence-electron chi connectivity index (χ3n) is 3.82. The Balaban J connectivity index is 0.00000264. The Morgan fingerprint density at radius 3 is 2.87 bits per heavy atom. The van der Waals surface area contributed by atoms with Crippen molar-refractivity contribution >= 4 is 29.9 Å². The highest BCUT2D eigenvalue weighted by atomic mass is 127. The lowest BCUT2D eigenvalue weighted by molar-refractivity contribution is 0.0377. The van der Waals surface area contributed by atoms with Crippen molar-refractivity contribution in [1.29, 1.82) is 0 Å². The maximum Gasteiger partial charge on any atom is 0.188 e. The summed E-state index contributed by atoms with van der Waals surface area (Å²) in [6, 6.07) is 8.55. The summed E-state index contributed by atoms with van der Waals surface area (Å²) < 4.78 is 5.33. The molecule has 6 heteroatoms. The Labute approximate surface area is 156 Å². The minimum atomic E-state index is 0. The normalized spacial score (nSPS) is 16.0. The summed E-state index contributed by atoms with van der Waals surface area (Å²) in [5.74, 6) is 0.551. The van der Waals surface area contributed by atoms with E-state index in [1.54, 1.807) is 0 Å². The zero-order valence-corrected chi connectivity index (χ0v) is 16.3. The van der Waals surface area contributed by atoms with Crippen LogP contribution in [0.1, 0.15) is 17.5 Å². The van der Waals surface area contributed by atoms with Gasteiger partial charge in [-0.2, -0.15) is 0 Å². The van der Waals surface area contributed by atoms with E-state index in [9.17, 15) is 0 Å². The lowest BCUT2D eigenvalue weighted by Gasteiger charge is -2.26. The zero-order chi connectivity index (χ0) is 15.6. The molecule has 0 radical (unpaired) electrons. The summed E-state index contributed by atoms with van der Waals surface area (Å²) in [5, 5.41) is 3.18. The van der Waals surface area contributed by atoms with Gasteiger partial charge in [0.1, 0.15) is 0 Å². The Morgan fingerprint density at radius 2 is 2.13 bits per heavy atom. The van der Waals surface area contributed by atoms with Crippen LogP contribution >= 0.6 is 24.0 Å². The second kappa shape index (κ2) is 11.6. The first-order valence-corrected chi connectivity index (χ1v) is 8.13. The minimum absolute atomic E-state index is 0. The molecule has 0 aromatic heterocycles. The fraction of sp³-hybridized carbons (Fsp3) is 0.588. The number of nitrogens with zero attached hydrogens (tertiary/aromatic N) is 2. The number of rotatable bonds is 7. The minimum Gasteiger partial charge on any atom is -0.379 e. The number of hydrogen-bond donors (Lipinski definition) is 2. The standard InChI is InChI=1S/C17H28N4O.HI/c1-15-4-2-5-16(14-15)6-8-20-17(18)19-7-3-9-21-10-12-22-13-11-21;/h2,4-5,14H,3,6-13H2,1H3,(H3,18,19,20);1H. The van der Waals surface area contributed by atoms with Gasteiger partial charge in [0.15, 0.2) is 5.96 Å². The fourth-order valence-electron chi connectivity index (χ4n) is 2.58. The summed E-state index contributed by atoms with van der Waals surface area (Å²) in [4.78, 5) is 6.80. The Kier molecular flexibility index (Phi) is 10.2. The summed E-state index contributed by atoms with van der Waals surface area (Å²) in [6.07, 6.45) is 2.01. The highest BCUT2D eigenvalue weighted by Crippen LogP contribution is 2.03. The van der Waals surface area contributed by atoms with Crippen LogP contribution in [0.4, 0.5) is 0 Å². The van der Waals surface area contributed by atoms with Crippen molar-refractivity contribution in [2.75, 3.05) is 45.9 Å². The van der Waals surface area contributed by atoms with Gasteiger partial charge in [-0.1, -0.05) is 29.8 Å². The predicted molar refractivity (Wildman–Crippen MR) is 107 cm³/mol. The Morgan fingerprint density at radius 1 is 1.35 bits per heavy atom. The van der Waals surface area contributed by atoms with Gasteiger partial charge in [0.05, 0.1) is 13.2 Å². The van der Waals surface area contributed by atoms with Crippen molar-refractivity contribution in [3.63, 3.8) is 0 Å². The molecule has 5 nitrogen and oxygen atoms in total. The Bertz CT molecular complexity index is 475. The molecule has 0 spiro atoms. The fourth-order valence-corrected chi connectivity index (χ4v) is 2.58. The van der Waals surface area contributed by atoms with Crippen LogP contribution in [-0.2, 0) is 11.2 Å². The van der Waals surface area contributed by atoms with E-state index < -0.39 is 0 Å². The van der Waals surface area contributed by atoms with Gasteiger partial charge in [-0.25, -0.2) is 0 Å². The van der Waals surface area contributed by atoms with Crippen molar-refractivity contribution < 1.29 is 4.74 Å². The first-order valence-electron chi connectivity index (χ1n) is 8.13. The molecule has 23 heavy (non-hydrogen) atoms. The van der Waals surface area contributed by atoms with Crippen LogP contribution in [0, 0.1) is 6.92 Å². The number of guanidine groups is 1. The van der Waals surface area contributed by atoms with E-state index in [1.807, 2.05) is 0 Å². The third-order valence-corrected chi connectivity index (χ3v) is 3.82. The molecule has 1 aliphatic heterocycles. The molecule has 1 fully saturated rings. The highest BCUT2D eigenvalue weighted by Gasteiger charge is 2.08. The number of aryl methyl sites for hydroxylation is 1. The molecule has 1 aromatic carbocycles. The quantitative estimate of drug-likeness (QED) is 0.299. The average molecular weight is 432 g/mol. The van der Waals surface area contributed by atoms with E-state index in [-0.39, 0.29) is 24.0 Å². The lowest BCUT2D eigenvalue weighted by Crippen LogP contribution is -2.37. The first-order chi connectivity index (χ1) is 10.7. The van der Waals surface area contributed by atoms with Crippen molar-refractivity contribution in [3.8, 4) is 0 Å². The number of nitrogens with two attached hydrogens (primary N) is 1. The molecule has 1 aliphatic rings. The van der Waals surface area contributed by atoms with Gasteiger partial charge in [-0.05, 0) is 25.3 Å². The monoisotopic (exact) mass is 432 g/mol. The molecule has 0 unspecified atom stereocenters. The van der Waals surface area contributed by atoms with Crippen LogP contribution in [0.5, 0.6) is 0 Å². The second-order valence-electron chi connectivity index (χ2n) is 5.74. The van der Waals surface area contributed by atoms with Crippen molar-refractivity contribution in [2.24, 2.45) is 10.7 Å². The number of nitrogens with one attached hydrogen (secondary N) is 1. The summed E-state index contributed by atoms with van der Waals surface area (Å²) in [6.45, 7) is 8.56. The van der Waals surface area contributed by atoms with Gasteiger partial charge in [0.25, 0.3) is 0 Å². The molecule has 0 aliphatic carbocycles. The summed E-state index contributed by atoms with van der Waals surface area (Å²) in [7, 11) is 0. The van der Waals surface area contributed by atoms with Gasteiger partial charge in [-0.15, -0.1) is 24.0 Å². The summed E-state index contributed by atoms with van der Waals surface area (Å²) in [5.41, 5.74) is 8.51. The van der Waals surface area contributed by atoms with Crippen LogP contribution in [0.2, 0.25) is 0 Å². The summed E-state index contributed by atoms with van der Waals surface area (Å²) >= 11 is 0. The molecule has 1 heterocycles. The maximum atomic E-state index is 5.89. The van der Waals surface area contributed by atoms with Crippen LogP contribution in [0.25, 0.3) is 0 Å². The molecule has 3 N–H and O–H groups in total. The third kappa shape index (κ3) is 8.53. The molecule has 0 saturated carbocycles. The van der Waals surface area contributed by atoms with Gasteiger partial charge in [0.2, 0.25) is 0 Å². The molecular formula is C17H29IN4O. The molecule has 1 aromatic rings. The molecule has 2 rings (SSSR count). The van der Waals surface area contributed by atoms with Crippen LogP contribution < -0.4 is 11.1 Å². The van der Waals surface area contributed by atoms with Crippen molar-refractivity contribution in [1.82, 2.24) is 10.2 Å². The number of benzene rings is 1. The number of aliphatic imine (C=N–C) groups is 1. The number of hydrogen-bond acceptors (Lipinski definition) is 3. The van der Waals surface area contributed by atoms with Crippen molar-refractivity contribution in [2.45, 2.75) is 19.8 Å². The Hall–Kier alpha value is -0.860. The van der Waals surface area contributed by atoms with E-state index in [4.69, 9.17) is 10.5 Å². The molecule has 0 amide bonds. The number of morpholine rings is 1. The first kappa shape index (κ1) is 20.2. The number of ether oxygens (including phenoxy) is 1. The zero-order valence-electron chi connectivity index (χ0n) is 14.0. The van der Waals surface area contributed by atoms with E-state index >= 15 is 0 Å². The van der Waals surface area contributed by atoms with Gasteiger partial charge >= 0.3 is 0 Å². The van der Waals surface area contributed by atoms with Crippen LogP contribution in [0.3, 0.4) is 0 Å². The topological polar surface area (TPSA) is 62.9 Å². The van der Waals surface area contributed by atoms with Crippen LogP contribution in [0.15, 0.2) is 29.3 Å². The lowest BCUT2D eigenvalue weighted by atomic mass is 10.1. The van der Waals surface area contributed by atoms with E-state index in [1.165, 1.54) is 11.1 Å². The molecular weight excluding hydrogens is 403 g/mol. The predicted octanol–water partition coefficient (Wildman–Crippen LogP) is 1.78. The van der Waals surface area contributed by atoms with E-state index in [0.717, 1.165) is 58.8 Å². The van der Waals surface area contributed by atoms with E-state index in [0.29, 0.717) is 5.96 Å². The van der Waals surface area contributed by atoms with Crippen LogP contribution in [-0.4, -0.2) is 56.8 Å². The van der Waals surface area contributed by atoms with E-state index in [2.05, 4.69) is 46.4 Å². The highest BCUT2D eigenvalue weighted by molar-refractivity contribution is 14.0. The molecule has 0 atom stereocenters. The molecule has 130 valence electrons. The van der Waals surface area contributed by atoms with Gasteiger partial charge in [-0.3, -0.25) is 9.89 Å². The van der Waals surface area contributed by atoms with Gasteiger partial charge in [0, 0.05) is 32.7 Å². The van der Waals surface area contributed by atoms with Gasteiger partial charge < -0.3 is 15.8 Å². The average Bonchev–Trinajstić information content (AvgIpc) is 2.53. The second-order valence-corrected chi connectivity index (χ2v) is 5.74. The number of halogens is 1. The maximum absolute atomic E-state index is 5.89. The smallest absolute Gasteiger partial charge is 0.188 e. The largest absolute Gasteiger partial charge is 0.379 e. The SMILES string of the molecule is Cc1cccc(CCNC(N)=NCCCN2CCOCC2)c1.I. The van der Waals surface area contributed by atoms with Crippen molar-refractivity contribution in [3.05, 3.63) is 35.4 Å². The molecule has 1 saturated heterocycles.